The molecule has 2 heterocycles. The van der Waals surface area contributed by atoms with Crippen LogP contribution in [-0.2, 0) is 10.5 Å². The molecule has 3 rings (SSSR count). The topological polar surface area (TPSA) is 46.9 Å². The molecule has 1 amide bonds. The number of aromatic nitrogens is 2. The molecule has 0 saturated heterocycles. The molecule has 1 aromatic carbocycles. The first-order valence-electron chi connectivity index (χ1n) is 7.72. The largest absolute Gasteiger partial charge is 0.353 e. The molecule has 0 aliphatic rings. The normalized spacial score (nSPS) is 12.0. The minimum absolute atomic E-state index is 0.0364. The van der Waals surface area contributed by atoms with Gasteiger partial charge in [-0.3, -0.25) is 9.48 Å². The number of rotatable bonds is 8. The van der Waals surface area contributed by atoms with E-state index in [2.05, 4.69) is 34.0 Å². The summed E-state index contributed by atoms with van der Waals surface area (Å²) in [5.74, 6) is 1.37. The molecule has 0 bridgehead atoms. The average molecular weight is 358 g/mol. The first kappa shape index (κ1) is 16.8. The maximum atomic E-state index is 12.1. The fourth-order valence-corrected chi connectivity index (χ4v) is 3.92. The zero-order chi connectivity index (χ0) is 16.6. The van der Waals surface area contributed by atoms with Gasteiger partial charge in [-0.2, -0.15) is 16.4 Å². The fourth-order valence-electron chi connectivity index (χ4n) is 2.39. The van der Waals surface area contributed by atoms with Gasteiger partial charge >= 0.3 is 0 Å². The number of carbonyl (C=O) groups is 1. The summed E-state index contributed by atoms with van der Waals surface area (Å²) in [7, 11) is 0. The monoisotopic (exact) mass is 357 g/mol. The van der Waals surface area contributed by atoms with E-state index in [-0.39, 0.29) is 11.9 Å². The van der Waals surface area contributed by atoms with E-state index in [0.717, 1.165) is 5.75 Å². The molecule has 0 radical (unpaired) electrons. The molecule has 2 aromatic heterocycles. The van der Waals surface area contributed by atoms with Crippen molar-refractivity contribution in [1.82, 2.24) is 15.1 Å². The van der Waals surface area contributed by atoms with Crippen molar-refractivity contribution in [2.75, 3.05) is 12.3 Å². The number of thiophene rings is 1. The van der Waals surface area contributed by atoms with Crippen molar-refractivity contribution in [2.45, 2.75) is 11.8 Å². The Balaban J connectivity index is 1.49. The molecule has 0 fully saturated rings. The summed E-state index contributed by atoms with van der Waals surface area (Å²) in [5, 5.41) is 11.5. The lowest BCUT2D eigenvalue weighted by Gasteiger charge is -2.17. The smallest absolute Gasteiger partial charge is 0.230 e. The van der Waals surface area contributed by atoms with Gasteiger partial charge < -0.3 is 5.32 Å². The highest BCUT2D eigenvalue weighted by molar-refractivity contribution is 7.99. The molecule has 1 N–H and O–H groups in total. The standard InChI is InChI=1S/C18H19N3OS2/c22-18(14-24-12-15-5-2-1-3-6-15)19-11-17(16-7-10-23-13-16)21-9-4-8-20-21/h1-10,13,17H,11-12,14H2,(H,19,22)/t17-/m1/s1. The minimum atomic E-state index is 0.0364. The summed E-state index contributed by atoms with van der Waals surface area (Å²) in [5.41, 5.74) is 2.41. The van der Waals surface area contributed by atoms with Crippen molar-refractivity contribution < 1.29 is 4.79 Å². The zero-order valence-corrected chi connectivity index (χ0v) is 14.8. The van der Waals surface area contributed by atoms with E-state index >= 15 is 0 Å². The zero-order valence-electron chi connectivity index (χ0n) is 13.2. The number of amides is 1. The van der Waals surface area contributed by atoms with Crippen LogP contribution in [0.3, 0.4) is 0 Å². The average Bonchev–Trinajstić information content (AvgIpc) is 3.30. The molecule has 24 heavy (non-hydrogen) atoms. The number of nitrogens with zero attached hydrogens (tertiary/aromatic N) is 2. The first-order chi connectivity index (χ1) is 11.8. The Labute approximate surface area is 149 Å². The summed E-state index contributed by atoms with van der Waals surface area (Å²) in [6, 6.07) is 14.2. The van der Waals surface area contributed by atoms with Crippen LogP contribution in [0.1, 0.15) is 17.2 Å². The molecular weight excluding hydrogens is 338 g/mol. The molecule has 0 unspecified atom stereocenters. The van der Waals surface area contributed by atoms with Gasteiger partial charge in [0.15, 0.2) is 0 Å². The predicted molar refractivity (Wildman–Crippen MR) is 100 cm³/mol. The van der Waals surface area contributed by atoms with Gasteiger partial charge in [-0.15, -0.1) is 11.8 Å². The van der Waals surface area contributed by atoms with Crippen molar-refractivity contribution in [3.63, 3.8) is 0 Å². The van der Waals surface area contributed by atoms with Gasteiger partial charge in [-0.1, -0.05) is 30.3 Å². The van der Waals surface area contributed by atoms with Crippen LogP contribution in [0.5, 0.6) is 0 Å². The molecular formula is C18H19N3OS2. The summed E-state index contributed by atoms with van der Waals surface area (Å²) in [6.07, 6.45) is 3.69. The van der Waals surface area contributed by atoms with Crippen LogP contribution >= 0.6 is 23.1 Å². The van der Waals surface area contributed by atoms with Crippen LogP contribution < -0.4 is 5.32 Å². The molecule has 0 saturated carbocycles. The van der Waals surface area contributed by atoms with Crippen molar-refractivity contribution >= 4 is 29.0 Å². The molecule has 124 valence electrons. The van der Waals surface area contributed by atoms with Gasteiger partial charge in [-0.25, -0.2) is 0 Å². The molecule has 1 atom stereocenters. The van der Waals surface area contributed by atoms with Crippen LogP contribution in [0.2, 0.25) is 0 Å². The molecule has 4 nitrogen and oxygen atoms in total. The summed E-state index contributed by atoms with van der Waals surface area (Å²) >= 11 is 3.28. The highest BCUT2D eigenvalue weighted by atomic mass is 32.2. The van der Waals surface area contributed by atoms with Crippen molar-refractivity contribution in [3.05, 3.63) is 76.7 Å². The Morgan fingerprint density at radius 2 is 2.12 bits per heavy atom. The second kappa shape index (κ2) is 8.70. The van der Waals surface area contributed by atoms with Crippen LogP contribution in [0.15, 0.2) is 65.6 Å². The van der Waals surface area contributed by atoms with E-state index in [1.807, 2.05) is 40.5 Å². The van der Waals surface area contributed by atoms with Gasteiger partial charge in [0.25, 0.3) is 0 Å². The summed E-state index contributed by atoms with van der Waals surface area (Å²) in [4.78, 5) is 12.1. The van der Waals surface area contributed by atoms with E-state index < -0.39 is 0 Å². The Kier molecular flexibility index (Phi) is 6.09. The molecule has 3 aromatic rings. The Bertz CT molecular complexity index is 693. The van der Waals surface area contributed by atoms with Gasteiger partial charge in [0.05, 0.1) is 11.8 Å². The van der Waals surface area contributed by atoms with Gasteiger partial charge in [-0.05, 0) is 34.0 Å². The van der Waals surface area contributed by atoms with Crippen molar-refractivity contribution in [1.29, 1.82) is 0 Å². The fraction of sp³-hybridized carbons (Fsp3) is 0.222. The Morgan fingerprint density at radius 3 is 2.83 bits per heavy atom. The lowest BCUT2D eigenvalue weighted by atomic mass is 10.1. The van der Waals surface area contributed by atoms with Crippen LogP contribution in [-0.4, -0.2) is 28.0 Å². The number of benzene rings is 1. The molecule has 0 aliphatic carbocycles. The van der Waals surface area contributed by atoms with E-state index in [9.17, 15) is 4.79 Å². The maximum absolute atomic E-state index is 12.1. The third-order valence-electron chi connectivity index (χ3n) is 3.61. The lowest BCUT2D eigenvalue weighted by Crippen LogP contribution is -2.32. The van der Waals surface area contributed by atoms with E-state index in [0.29, 0.717) is 12.3 Å². The summed E-state index contributed by atoms with van der Waals surface area (Å²) in [6.45, 7) is 0.545. The molecule has 6 heteroatoms. The number of nitrogens with one attached hydrogen (secondary N) is 1. The highest BCUT2D eigenvalue weighted by Crippen LogP contribution is 2.19. The van der Waals surface area contributed by atoms with Gasteiger partial charge in [0.2, 0.25) is 5.91 Å². The second-order valence-corrected chi connectivity index (χ2v) is 7.11. The maximum Gasteiger partial charge on any atom is 0.230 e. The van der Waals surface area contributed by atoms with E-state index in [1.165, 1.54) is 11.1 Å². The van der Waals surface area contributed by atoms with E-state index in [1.54, 1.807) is 29.3 Å². The third kappa shape index (κ3) is 4.72. The number of carbonyl (C=O) groups excluding carboxylic acids is 1. The molecule has 0 aliphatic heterocycles. The Hall–Kier alpha value is -2.05. The predicted octanol–water partition coefficient (Wildman–Crippen LogP) is 3.58. The van der Waals surface area contributed by atoms with Gasteiger partial charge in [0, 0.05) is 24.7 Å². The highest BCUT2D eigenvalue weighted by Gasteiger charge is 2.15. The SMILES string of the molecule is O=C(CSCc1ccccc1)NC[C@H](c1ccsc1)n1cccn1. The van der Waals surface area contributed by atoms with Crippen molar-refractivity contribution in [3.8, 4) is 0 Å². The second-order valence-electron chi connectivity index (χ2n) is 5.34. The van der Waals surface area contributed by atoms with Crippen molar-refractivity contribution in [2.24, 2.45) is 0 Å². The quantitative estimate of drug-likeness (QED) is 0.670. The molecule has 0 spiro atoms. The van der Waals surface area contributed by atoms with Crippen LogP contribution in [0.4, 0.5) is 0 Å². The van der Waals surface area contributed by atoms with Crippen LogP contribution in [0.25, 0.3) is 0 Å². The third-order valence-corrected chi connectivity index (χ3v) is 5.31. The minimum Gasteiger partial charge on any atom is -0.353 e. The lowest BCUT2D eigenvalue weighted by molar-refractivity contribution is -0.118. The number of hydrogen-bond acceptors (Lipinski definition) is 4. The van der Waals surface area contributed by atoms with Crippen LogP contribution in [0, 0.1) is 0 Å². The van der Waals surface area contributed by atoms with E-state index in [4.69, 9.17) is 0 Å². The number of hydrogen-bond donors (Lipinski definition) is 1. The Morgan fingerprint density at radius 1 is 1.25 bits per heavy atom. The first-order valence-corrected chi connectivity index (χ1v) is 9.82. The summed E-state index contributed by atoms with van der Waals surface area (Å²) < 4.78 is 1.89. The van der Waals surface area contributed by atoms with Gasteiger partial charge in [0.1, 0.15) is 0 Å². The number of thioether (sulfide) groups is 1.